The number of aromatic nitrogens is 2. The maximum absolute atomic E-state index is 13.3. The van der Waals surface area contributed by atoms with E-state index in [9.17, 15) is 22.8 Å². The van der Waals surface area contributed by atoms with Gasteiger partial charge in [0.05, 0.1) is 22.0 Å². The summed E-state index contributed by atoms with van der Waals surface area (Å²) in [6.07, 6.45) is 0.731. The van der Waals surface area contributed by atoms with E-state index in [1.165, 1.54) is 49.1 Å². The van der Waals surface area contributed by atoms with Crippen molar-refractivity contribution < 1.29 is 22.8 Å². The van der Waals surface area contributed by atoms with Crippen molar-refractivity contribution in [1.29, 1.82) is 0 Å². The monoisotopic (exact) mass is 420 g/mol. The third-order valence-corrected chi connectivity index (χ3v) is 4.19. The number of anilines is 2. The van der Waals surface area contributed by atoms with Crippen molar-refractivity contribution in [2.75, 3.05) is 10.6 Å². The molecule has 0 saturated heterocycles. The summed E-state index contributed by atoms with van der Waals surface area (Å²) in [6, 6.07) is 6.96. The summed E-state index contributed by atoms with van der Waals surface area (Å²) in [6.45, 7) is 0. The van der Waals surface area contributed by atoms with E-state index in [-0.39, 0.29) is 27.5 Å². The quantitative estimate of drug-likeness (QED) is 0.643. The van der Waals surface area contributed by atoms with E-state index in [1.54, 1.807) is 0 Å². The van der Waals surface area contributed by atoms with Crippen molar-refractivity contribution in [2.45, 2.75) is 6.18 Å². The highest BCUT2D eigenvalue weighted by atomic mass is 35.5. The van der Waals surface area contributed by atoms with Gasteiger partial charge in [0.25, 0.3) is 11.8 Å². The average Bonchev–Trinajstić information content (AvgIpc) is 2.71. The van der Waals surface area contributed by atoms with Crippen molar-refractivity contribution in [3.63, 3.8) is 0 Å². The van der Waals surface area contributed by atoms with Gasteiger partial charge in [-0.15, -0.1) is 0 Å². The number of halogens is 4. The zero-order valence-corrected chi connectivity index (χ0v) is 15.3. The van der Waals surface area contributed by atoms with Gasteiger partial charge in [-0.05, 0) is 36.4 Å². The number of nitrogens with one attached hydrogen (secondary N) is 2. The van der Waals surface area contributed by atoms with Gasteiger partial charge < -0.3 is 10.6 Å². The molecule has 3 rings (SSSR count). The van der Waals surface area contributed by atoms with Crippen molar-refractivity contribution in [3.8, 4) is 0 Å². The van der Waals surface area contributed by atoms with Crippen LogP contribution in [0.25, 0.3) is 0 Å². The number of carbonyl (C=O) groups excluding carboxylic acids is 2. The Morgan fingerprint density at radius 2 is 1.17 bits per heavy atom. The van der Waals surface area contributed by atoms with Crippen LogP contribution in [0, 0.1) is 0 Å². The number of hydrogen-bond acceptors (Lipinski definition) is 4. The molecule has 0 fully saturated rings. The number of carbonyl (C=O) groups is 2. The summed E-state index contributed by atoms with van der Waals surface area (Å²) in [7, 11) is 0. The first-order valence-corrected chi connectivity index (χ1v) is 8.47. The Morgan fingerprint density at radius 1 is 0.793 bits per heavy atom. The molecule has 1 aromatic carbocycles. The van der Waals surface area contributed by atoms with Crippen molar-refractivity contribution in [1.82, 2.24) is 9.97 Å². The molecule has 10 heteroatoms. The SMILES string of the molecule is O=C(Nc1cc(C(F)(F)F)cc(NC(=O)c2ccncc2)c1Cl)c1ccncc1. The molecule has 0 unspecified atom stereocenters. The van der Waals surface area contributed by atoms with Gasteiger partial charge in [0.1, 0.15) is 0 Å². The Hall–Kier alpha value is -3.46. The van der Waals surface area contributed by atoms with Gasteiger partial charge in [0, 0.05) is 35.9 Å². The Bertz CT molecular complexity index is 970. The highest BCUT2D eigenvalue weighted by Crippen LogP contribution is 2.39. The van der Waals surface area contributed by atoms with E-state index in [4.69, 9.17) is 11.6 Å². The minimum Gasteiger partial charge on any atom is -0.321 e. The summed E-state index contributed by atoms with van der Waals surface area (Å²) in [5.41, 5.74) is -1.33. The van der Waals surface area contributed by atoms with E-state index in [0.29, 0.717) is 12.1 Å². The van der Waals surface area contributed by atoms with Gasteiger partial charge in [-0.1, -0.05) is 11.6 Å². The molecule has 6 nitrogen and oxygen atoms in total. The first-order chi connectivity index (χ1) is 13.8. The molecule has 0 atom stereocenters. The number of nitrogens with zero attached hydrogens (tertiary/aromatic N) is 2. The van der Waals surface area contributed by atoms with E-state index in [0.717, 1.165) is 0 Å². The van der Waals surface area contributed by atoms with Crippen LogP contribution in [0.15, 0.2) is 61.2 Å². The average molecular weight is 421 g/mol. The molecule has 0 radical (unpaired) electrons. The second-order valence-electron chi connectivity index (χ2n) is 5.76. The lowest BCUT2D eigenvalue weighted by Crippen LogP contribution is -2.17. The number of alkyl halides is 3. The molecule has 0 aliphatic carbocycles. The van der Waals surface area contributed by atoms with E-state index in [2.05, 4.69) is 20.6 Å². The fraction of sp³-hybridized carbons (Fsp3) is 0.0526. The normalized spacial score (nSPS) is 11.0. The van der Waals surface area contributed by atoms with E-state index in [1.807, 2.05) is 0 Å². The Kier molecular flexibility index (Phi) is 5.79. The molecule has 3 aromatic rings. The van der Waals surface area contributed by atoms with Crippen LogP contribution in [0.1, 0.15) is 26.3 Å². The van der Waals surface area contributed by atoms with E-state index < -0.39 is 23.6 Å². The van der Waals surface area contributed by atoms with Crippen molar-refractivity contribution in [3.05, 3.63) is 82.9 Å². The first kappa shape index (κ1) is 20.3. The summed E-state index contributed by atoms with van der Waals surface area (Å²) in [5, 5.41) is 4.42. The summed E-state index contributed by atoms with van der Waals surface area (Å²) in [5.74, 6) is -1.36. The van der Waals surface area contributed by atoms with Crippen LogP contribution in [-0.4, -0.2) is 21.8 Å². The van der Waals surface area contributed by atoms with Crippen LogP contribution < -0.4 is 10.6 Å². The number of rotatable bonds is 4. The second-order valence-corrected chi connectivity index (χ2v) is 6.14. The molecule has 2 heterocycles. The molecular formula is C19H12ClF3N4O2. The van der Waals surface area contributed by atoms with Crippen molar-refractivity contribution in [2.24, 2.45) is 0 Å². The predicted molar refractivity (Wildman–Crippen MR) is 101 cm³/mol. The molecule has 2 N–H and O–H groups in total. The third-order valence-electron chi connectivity index (χ3n) is 3.78. The Labute approximate surface area is 167 Å². The van der Waals surface area contributed by atoms with Crippen LogP contribution in [0.3, 0.4) is 0 Å². The number of amides is 2. The minimum atomic E-state index is -4.73. The lowest BCUT2D eigenvalue weighted by molar-refractivity contribution is -0.137. The smallest absolute Gasteiger partial charge is 0.321 e. The molecule has 0 bridgehead atoms. The summed E-state index contributed by atoms with van der Waals surface area (Å²) >= 11 is 6.17. The van der Waals surface area contributed by atoms with Gasteiger partial charge in [-0.3, -0.25) is 19.6 Å². The molecule has 0 aliphatic heterocycles. The summed E-state index contributed by atoms with van der Waals surface area (Å²) < 4.78 is 39.9. The second kappa shape index (κ2) is 8.27. The zero-order chi connectivity index (χ0) is 21.0. The Morgan fingerprint density at radius 3 is 1.52 bits per heavy atom. The highest BCUT2D eigenvalue weighted by Gasteiger charge is 2.32. The fourth-order valence-corrected chi connectivity index (χ4v) is 2.57. The lowest BCUT2D eigenvalue weighted by atomic mass is 10.1. The molecule has 2 amide bonds. The van der Waals surface area contributed by atoms with Crippen LogP contribution in [0.4, 0.5) is 24.5 Å². The lowest BCUT2D eigenvalue weighted by Gasteiger charge is -2.16. The largest absolute Gasteiger partial charge is 0.416 e. The Balaban J connectivity index is 1.97. The number of pyridine rings is 2. The first-order valence-electron chi connectivity index (χ1n) is 8.09. The maximum atomic E-state index is 13.3. The number of hydrogen-bond donors (Lipinski definition) is 2. The van der Waals surface area contributed by atoms with Crippen LogP contribution in [0.2, 0.25) is 5.02 Å². The molecule has 2 aromatic heterocycles. The molecular weight excluding hydrogens is 409 g/mol. The molecule has 148 valence electrons. The fourth-order valence-electron chi connectivity index (χ4n) is 2.37. The third kappa shape index (κ3) is 4.88. The van der Waals surface area contributed by atoms with Gasteiger partial charge in [0.2, 0.25) is 0 Å². The molecule has 0 spiro atoms. The van der Waals surface area contributed by atoms with Crippen LogP contribution >= 0.6 is 11.6 Å². The van der Waals surface area contributed by atoms with Crippen molar-refractivity contribution >= 4 is 34.8 Å². The van der Waals surface area contributed by atoms with E-state index >= 15 is 0 Å². The summed E-state index contributed by atoms with van der Waals surface area (Å²) in [4.78, 5) is 32.2. The van der Waals surface area contributed by atoms with Gasteiger partial charge in [0.15, 0.2) is 0 Å². The zero-order valence-electron chi connectivity index (χ0n) is 14.5. The highest BCUT2D eigenvalue weighted by molar-refractivity contribution is 6.37. The minimum absolute atomic E-state index is 0.177. The molecule has 0 aliphatic rings. The van der Waals surface area contributed by atoms with Crippen LogP contribution in [0.5, 0.6) is 0 Å². The van der Waals surface area contributed by atoms with Crippen LogP contribution in [-0.2, 0) is 6.18 Å². The topological polar surface area (TPSA) is 84.0 Å². The standard InChI is InChI=1S/C19H12ClF3N4O2/c20-16-14(26-17(28)11-1-5-24-6-2-11)9-13(19(21,22)23)10-15(16)27-18(29)12-3-7-25-8-4-12/h1-10H,(H,26,28)(H,27,29). The predicted octanol–water partition coefficient (Wildman–Crippen LogP) is 4.65. The molecule has 0 saturated carbocycles. The molecule has 29 heavy (non-hydrogen) atoms. The van der Waals surface area contributed by atoms with Gasteiger partial charge in [-0.25, -0.2) is 0 Å². The maximum Gasteiger partial charge on any atom is 0.416 e. The van der Waals surface area contributed by atoms with Gasteiger partial charge >= 0.3 is 6.18 Å². The number of benzene rings is 1. The van der Waals surface area contributed by atoms with Gasteiger partial charge in [-0.2, -0.15) is 13.2 Å².